The third-order valence-corrected chi connectivity index (χ3v) is 2.70. The number of hydrogen-bond acceptors (Lipinski definition) is 4. The molecule has 114 valence electrons. The number of nitrogens with one attached hydrogen (secondary N) is 1. The molecule has 21 heavy (non-hydrogen) atoms. The van der Waals surface area contributed by atoms with Crippen molar-refractivity contribution in [2.75, 3.05) is 6.61 Å². The molecule has 0 unspecified atom stereocenters. The van der Waals surface area contributed by atoms with Crippen molar-refractivity contribution < 1.29 is 24.2 Å². The van der Waals surface area contributed by atoms with Crippen molar-refractivity contribution in [2.24, 2.45) is 5.73 Å². The summed E-state index contributed by atoms with van der Waals surface area (Å²) in [5, 5.41) is 11.2. The summed E-state index contributed by atoms with van der Waals surface area (Å²) in [5.41, 5.74) is 6.01. The van der Waals surface area contributed by atoms with Crippen LogP contribution in [0.5, 0.6) is 5.75 Å². The van der Waals surface area contributed by atoms with Gasteiger partial charge in [0.25, 0.3) is 5.91 Å². The third kappa shape index (κ3) is 6.42. The van der Waals surface area contributed by atoms with E-state index in [-0.39, 0.29) is 19.4 Å². The molecule has 1 aromatic carbocycles. The number of hydrogen-bond donors (Lipinski definition) is 3. The standard InChI is InChI=1S/C14H18N2O5/c1-9-2-4-10(5-3-9)21-8-13(18)16-11(14(19)20)6-7-12(15)17/h2-5,11H,6-8H2,1H3,(H2,15,17)(H,16,18)(H,19,20)/t11-/m1/s1. The molecule has 1 aromatic rings. The number of nitrogens with two attached hydrogens (primary N) is 1. The quantitative estimate of drug-likeness (QED) is 0.633. The monoisotopic (exact) mass is 294 g/mol. The van der Waals surface area contributed by atoms with Crippen LogP contribution in [0.1, 0.15) is 18.4 Å². The van der Waals surface area contributed by atoms with Gasteiger partial charge in [0.05, 0.1) is 0 Å². The fourth-order valence-electron chi connectivity index (χ4n) is 1.56. The van der Waals surface area contributed by atoms with E-state index in [1.807, 2.05) is 19.1 Å². The number of ether oxygens (including phenoxy) is 1. The molecular formula is C14H18N2O5. The van der Waals surface area contributed by atoms with Gasteiger partial charge in [-0.2, -0.15) is 0 Å². The highest BCUT2D eigenvalue weighted by atomic mass is 16.5. The second kappa shape index (κ2) is 7.88. The van der Waals surface area contributed by atoms with Gasteiger partial charge in [0.1, 0.15) is 11.8 Å². The SMILES string of the molecule is Cc1ccc(OCC(=O)N[C@H](CCC(N)=O)C(=O)O)cc1. The largest absolute Gasteiger partial charge is 0.484 e. The van der Waals surface area contributed by atoms with Crippen molar-refractivity contribution in [1.29, 1.82) is 0 Å². The van der Waals surface area contributed by atoms with Crippen molar-refractivity contribution in [3.63, 3.8) is 0 Å². The molecule has 7 nitrogen and oxygen atoms in total. The first-order valence-electron chi connectivity index (χ1n) is 6.38. The Morgan fingerprint density at radius 2 is 1.90 bits per heavy atom. The van der Waals surface area contributed by atoms with Crippen LogP contribution in [0.2, 0.25) is 0 Å². The molecule has 0 aromatic heterocycles. The maximum Gasteiger partial charge on any atom is 0.326 e. The molecule has 0 radical (unpaired) electrons. The van der Waals surface area contributed by atoms with Crippen LogP contribution in [0.4, 0.5) is 0 Å². The Balaban J connectivity index is 2.44. The van der Waals surface area contributed by atoms with Crippen LogP contribution < -0.4 is 15.8 Å². The lowest BCUT2D eigenvalue weighted by Gasteiger charge is -2.14. The molecule has 0 aliphatic rings. The van der Waals surface area contributed by atoms with Crippen molar-refractivity contribution in [1.82, 2.24) is 5.32 Å². The van der Waals surface area contributed by atoms with Gasteiger partial charge < -0.3 is 20.9 Å². The van der Waals surface area contributed by atoms with E-state index in [9.17, 15) is 14.4 Å². The maximum absolute atomic E-state index is 11.6. The summed E-state index contributed by atoms with van der Waals surface area (Å²) in [7, 11) is 0. The Hall–Kier alpha value is -2.57. The van der Waals surface area contributed by atoms with E-state index >= 15 is 0 Å². The van der Waals surface area contributed by atoms with Gasteiger partial charge >= 0.3 is 5.97 Å². The van der Waals surface area contributed by atoms with Crippen LogP contribution in [-0.4, -0.2) is 35.5 Å². The molecule has 0 fully saturated rings. The number of rotatable bonds is 8. The number of primary amides is 1. The lowest BCUT2D eigenvalue weighted by Crippen LogP contribution is -2.43. The molecule has 0 bridgehead atoms. The van der Waals surface area contributed by atoms with Crippen LogP contribution in [0.25, 0.3) is 0 Å². The van der Waals surface area contributed by atoms with Crippen molar-refractivity contribution in [3.8, 4) is 5.75 Å². The minimum absolute atomic E-state index is 0.0546. The Bertz CT molecular complexity index is 513. The average Bonchev–Trinajstić information content (AvgIpc) is 2.42. The van der Waals surface area contributed by atoms with Crippen LogP contribution in [0.3, 0.4) is 0 Å². The first kappa shape index (κ1) is 16.5. The number of carboxylic acid groups (broad SMARTS) is 1. The highest BCUT2D eigenvalue weighted by molar-refractivity contribution is 5.85. The maximum atomic E-state index is 11.6. The van der Waals surface area contributed by atoms with Crippen LogP contribution in [-0.2, 0) is 14.4 Å². The number of carbonyl (C=O) groups excluding carboxylic acids is 2. The predicted molar refractivity (Wildman–Crippen MR) is 74.7 cm³/mol. The number of aryl methyl sites for hydroxylation is 1. The molecule has 0 saturated heterocycles. The van der Waals surface area contributed by atoms with Crippen molar-refractivity contribution >= 4 is 17.8 Å². The van der Waals surface area contributed by atoms with Gasteiger partial charge in [-0.25, -0.2) is 4.79 Å². The molecule has 0 spiro atoms. The molecule has 4 N–H and O–H groups in total. The van der Waals surface area contributed by atoms with Crippen molar-refractivity contribution in [3.05, 3.63) is 29.8 Å². The predicted octanol–water partition coefficient (Wildman–Crippen LogP) is 0.209. The van der Waals surface area contributed by atoms with E-state index in [4.69, 9.17) is 15.6 Å². The summed E-state index contributed by atoms with van der Waals surface area (Å²) in [6.07, 6.45) is -0.170. The first-order valence-corrected chi connectivity index (χ1v) is 6.38. The minimum atomic E-state index is -1.22. The van der Waals surface area contributed by atoms with Gasteiger partial charge in [-0.05, 0) is 25.5 Å². The van der Waals surface area contributed by atoms with Gasteiger partial charge in [0, 0.05) is 6.42 Å². The molecular weight excluding hydrogens is 276 g/mol. The lowest BCUT2D eigenvalue weighted by molar-refractivity contribution is -0.142. The second-order valence-corrected chi connectivity index (χ2v) is 4.57. The fourth-order valence-corrected chi connectivity index (χ4v) is 1.56. The molecule has 2 amide bonds. The summed E-state index contributed by atoms with van der Waals surface area (Å²) in [4.78, 5) is 33.2. The normalized spacial score (nSPS) is 11.5. The highest BCUT2D eigenvalue weighted by Gasteiger charge is 2.20. The van der Waals surface area contributed by atoms with Crippen LogP contribution in [0.15, 0.2) is 24.3 Å². The van der Waals surface area contributed by atoms with E-state index in [2.05, 4.69) is 5.32 Å². The van der Waals surface area contributed by atoms with Crippen LogP contribution in [0, 0.1) is 6.92 Å². The zero-order valence-corrected chi connectivity index (χ0v) is 11.7. The molecule has 1 rings (SSSR count). The Morgan fingerprint density at radius 3 is 2.43 bits per heavy atom. The summed E-state index contributed by atoms with van der Waals surface area (Å²) in [5.74, 6) is -1.90. The number of aliphatic carboxylic acids is 1. The van der Waals surface area contributed by atoms with E-state index in [0.29, 0.717) is 5.75 Å². The Kier molecular flexibility index (Phi) is 6.19. The van der Waals surface area contributed by atoms with Gasteiger partial charge in [0.15, 0.2) is 6.61 Å². The lowest BCUT2D eigenvalue weighted by atomic mass is 10.1. The highest BCUT2D eigenvalue weighted by Crippen LogP contribution is 2.11. The van der Waals surface area contributed by atoms with Gasteiger partial charge in [-0.3, -0.25) is 9.59 Å². The molecule has 0 heterocycles. The average molecular weight is 294 g/mol. The van der Waals surface area contributed by atoms with Crippen molar-refractivity contribution in [2.45, 2.75) is 25.8 Å². The van der Waals surface area contributed by atoms with Gasteiger partial charge in [-0.1, -0.05) is 17.7 Å². The van der Waals surface area contributed by atoms with E-state index in [1.54, 1.807) is 12.1 Å². The number of carbonyl (C=O) groups is 3. The Labute approximate surface area is 122 Å². The second-order valence-electron chi connectivity index (χ2n) is 4.57. The number of carboxylic acids is 1. The van der Waals surface area contributed by atoms with E-state index in [1.165, 1.54) is 0 Å². The summed E-state index contributed by atoms with van der Waals surface area (Å²) < 4.78 is 5.23. The fraction of sp³-hybridized carbons (Fsp3) is 0.357. The number of amides is 2. The van der Waals surface area contributed by atoms with Gasteiger partial charge in [-0.15, -0.1) is 0 Å². The summed E-state index contributed by atoms with van der Waals surface area (Å²) in [6, 6.07) is 5.93. The third-order valence-electron chi connectivity index (χ3n) is 2.70. The summed E-state index contributed by atoms with van der Waals surface area (Å²) >= 11 is 0. The zero-order valence-electron chi connectivity index (χ0n) is 11.7. The van der Waals surface area contributed by atoms with Gasteiger partial charge in [0.2, 0.25) is 5.91 Å². The van der Waals surface area contributed by atoms with E-state index < -0.39 is 23.8 Å². The molecule has 0 saturated carbocycles. The Morgan fingerprint density at radius 1 is 1.29 bits per heavy atom. The number of benzene rings is 1. The molecule has 0 aliphatic heterocycles. The smallest absolute Gasteiger partial charge is 0.326 e. The topological polar surface area (TPSA) is 119 Å². The molecule has 0 aliphatic carbocycles. The molecule has 7 heteroatoms. The van der Waals surface area contributed by atoms with Crippen LogP contribution >= 0.6 is 0 Å². The molecule has 1 atom stereocenters. The first-order chi connectivity index (χ1) is 9.88. The zero-order chi connectivity index (χ0) is 15.8. The summed E-state index contributed by atoms with van der Waals surface area (Å²) in [6.45, 7) is 1.62. The van der Waals surface area contributed by atoms with E-state index in [0.717, 1.165) is 5.56 Å². The minimum Gasteiger partial charge on any atom is -0.484 e.